The van der Waals surface area contributed by atoms with Crippen molar-refractivity contribution in [2.45, 2.75) is 104 Å². The van der Waals surface area contributed by atoms with Gasteiger partial charge in [0.15, 0.2) is 0 Å². The van der Waals surface area contributed by atoms with Crippen molar-refractivity contribution in [1.29, 1.82) is 0 Å². The maximum Gasteiger partial charge on any atom is 0.408 e. The summed E-state index contributed by atoms with van der Waals surface area (Å²) in [7, 11) is 0. The highest BCUT2D eigenvalue weighted by Gasteiger charge is 2.32. The molecule has 0 saturated heterocycles. The second-order valence-corrected chi connectivity index (χ2v) is 14.0. The molecule has 1 unspecified atom stereocenters. The number of carbonyl (C=O) groups is 4. The van der Waals surface area contributed by atoms with E-state index in [1.54, 1.807) is 0 Å². The van der Waals surface area contributed by atoms with Crippen molar-refractivity contribution in [3.63, 3.8) is 0 Å². The van der Waals surface area contributed by atoms with Gasteiger partial charge in [-0.2, -0.15) is 0 Å². The first-order valence-corrected chi connectivity index (χ1v) is 17.7. The van der Waals surface area contributed by atoms with E-state index in [9.17, 15) is 24.3 Å². The minimum Gasteiger partial charge on any atom is -0.465 e. The molecule has 0 fully saturated rings. The molecule has 3 aromatic rings. The molecule has 0 radical (unpaired) electrons. The number of alkyl carbamates (subject to hydrolysis) is 1. The van der Waals surface area contributed by atoms with Crippen LogP contribution in [0.25, 0.3) is 10.8 Å². The highest BCUT2D eigenvalue weighted by molar-refractivity contribution is 5.92. The Balaban J connectivity index is 1.80. The second-order valence-electron chi connectivity index (χ2n) is 14.0. The quantitative estimate of drug-likeness (QED) is 0.112. The van der Waals surface area contributed by atoms with E-state index in [0.29, 0.717) is 12.8 Å². The maximum atomic E-state index is 14.0. The SMILES string of the molecule is CCC(C)COC(=O)C[C@H](O)[C@H](CC(C)C)NC(=O)[C@H](CC(C)C)NC(=O)[C@H](Cc1cccc2ccccc12)NC(=O)OCc1ccccc1. The predicted molar refractivity (Wildman–Crippen MR) is 195 cm³/mol. The molecule has 0 aliphatic carbocycles. The van der Waals surface area contributed by atoms with Crippen LogP contribution < -0.4 is 16.0 Å². The zero-order chi connectivity index (χ0) is 36.6. The van der Waals surface area contributed by atoms with Crippen molar-refractivity contribution < 1.29 is 33.8 Å². The number of rotatable bonds is 19. The zero-order valence-corrected chi connectivity index (χ0v) is 30.3. The molecule has 0 aromatic heterocycles. The molecular weight excluding hydrogens is 634 g/mol. The van der Waals surface area contributed by atoms with Gasteiger partial charge in [-0.25, -0.2) is 4.79 Å². The number of ether oxygens (including phenoxy) is 2. The van der Waals surface area contributed by atoms with Crippen LogP contribution in [0.3, 0.4) is 0 Å². The molecule has 0 saturated carbocycles. The number of hydrogen-bond donors (Lipinski definition) is 4. The first-order chi connectivity index (χ1) is 23.9. The zero-order valence-electron chi connectivity index (χ0n) is 30.3. The van der Waals surface area contributed by atoms with Crippen molar-refractivity contribution in [2.75, 3.05) is 6.61 Å². The number of esters is 1. The Morgan fingerprint density at radius 1 is 0.720 bits per heavy atom. The van der Waals surface area contributed by atoms with Gasteiger partial charge in [-0.05, 0) is 52.5 Å². The molecule has 50 heavy (non-hydrogen) atoms. The largest absolute Gasteiger partial charge is 0.465 e. The Bertz CT molecular complexity index is 1520. The van der Waals surface area contributed by atoms with E-state index in [0.717, 1.165) is 28.3 Å². The number of fused-ring (bicyclic) bond motifs is 1. The molecule has 10 nitrogen and oxygen atoms in total. The van der Waals surface area contributed by atoms with E-state index in [4.69, 9.17) is 9.47 Å². The van der Waals surface area contributed by atoms with Crippen LogP contribution in [0, 0.1) is 17.8 Å². The van der Waals surface area contributed by atoms with Gasteiger partial charge in [0.25, 0.3) is 0 Å². The second kappa shape index (κ2) is 20.3. The molecule has 0 aliphatic rings. The first-order valence-electron chi connectivity index (χ1n) is 17.7. The lowest BCUT2D eigenvalue weighted by Gasteiger charge is -2.29. The average Bonchev–Trinajstić information content (AvgIpc) is 3.08. The third kappa shape index (κ3) is 13.5. The molecule has 3 amide bonds. The van der Waals surface area contributed by atoms with Crippen LogP contribution in [-0.2, 0) is 36.9 Å². The standard InChI is InChI=1S/C40H55N3O7/c1-7-28(6)24-49-37(45)23-36(44)33(20-26(2)3)41-38(46)34(21-27(4)5)42-39(47)35(43-40(48)50-25-29-14-9-8-10-15-29)22-31-18-13-17-30-16-11-12-19-32(30)31/h8-19,26-28,33-36,44H,7,20-25H2,1-6H3,(H,41,46)(H,42,47)(H,43,48)/t28?,33-,34-,35-,36-/m0/s1. The lowest BCUT2D eigenvalue weighted by atomic mass is 9.95. The fourth-order valence-electron chi connectivity index (χ4n) is 5.61. The number of aliphatic hydroxyl groups is 1. The summed E-state index contributed by atoms with van der Waals surface area (Å²) in [6.07, 6.45) is -0.488. The van der Waals surface area contributed by atoms with E-state index in [-0.39, 0.29) is 43.8 Å². The molecule has 272 valence electrons. The Labute approximate surface area is 296 Å². The normalized spacial score (nSPS) is 14.3. The van der Waals surface area contributed by atoms with Gasteiger partial charge in [-0.1, -0.05) is 121 Å². The van der Waals surface area contributed by atoms with Crippen molar-refractivity contribution in [3.05, 3.63) is 83.9 Å². The first kappa shape index (κ1) is 40.0. The van der Waals surface area contributed by atoms with Crippen molar-refractivity contribution in [3.8, 4) is 0 Å². The van der Waals surface area contributed by atoms with Crippen LogP contribution in [0.15, 0.2) is 72.8 Å². The minimum absolute atomic E-state index is 0.0235. The summed E-state index contributed by atoms with van der Waals surface area (Å²) in [5.41, 5.74) is 1.64. The smallest absolute Gasteiger partial charge is 0.408 e. The van der Waals surface area contributed by atoms with E-state index < -0.39 is 48.1 Å². The fourth-order valence-corrected chi connectivity index (χ4v) is 5.61. The Morgan fingerprint density at radius 3 is 2.04 bits per heavy atom. The third-order valence-corrected chi connectivity index (χ3v) is 8.58. The van der Waals surface area contributed by atoms with Crippen LogP contribution >= 0.6 is 0 Å². The van der Waals surface area contributed by atoms with Gasteiger partial charge in [0.1, 0.15) is 18.7 Å². The monoisotopic (exact) mass is 689 g/mol. The van der Waals surface area contributed by atoms with Crippen LogP contribution in [0.5, 0.6) is 0 Å². The fraction of sp³-hybridized carbons (Fsp3) is 0.500. The van der Waals surface area contributed by atoms with Gasteiger partial charge < -0.3 is 30.5 Å². The van der Waals surface area contributed by atoms with E-state index in [1.165, 1.54) is 0 Å². The minimum atomic E-state index is -1.18. The van der Waals surface area contributed by atoms with Crippen LogP contribution in [0.2, 0.25) is 0 Å². The van der Waals surface area contributed by atoms with Crippen molar-refractivity contribution >= 4 is 34.6 Å². The van der Waals surface area contributed by atoms with Crippen molar-refractivity contribution in [1.82, 2.24) is 16.0 Å². The van der Waals surface area contributed by atoms with Crippen LogP contribution in [0.4, 0.5) is 4.79 Å². The van der Waals surface area contributed by atoms with E-state index in [1.807, 2.05) is 114 Å². The Hall–Kier alpha value is -4.44. The summed E-state index contributed by atoms with van der Waals surface area (Å²) < 4.78 is 10.8. The van der Waals surface area contributed by atoms with Gasteiger partial charge >= 0.3 is 12.1 Å². The molecule has 4 N–H and O–H groups in total. The number of aliphatic hydroxyl groups excluding tert-OH is 1. The topological polar surface area (TPSA) is 143 Å². The van der Waals surface area contributed by atoms with Gasteiger partial charge in [0.05, 0.1) is 25.2 Å². The average molecular weight is 690 g/mol. The molecule has 3 rings (SSSR count). The van der Waals surface area contributed by atoms with E-state index in [2.05, 4.69) is 16.0 Å². The number of amides is 3. The molecule has 3 aromatic carbocycles. The summed E-state index contributed by atoms with van der Waals surface area (Å²) in [6, 6.07) is 20.0. The maximum absolute atomic E-state index is 14.0. The van der Waals surface area contributed by atoms with Gasteiger partial charge in [-0.15, -0.1) is 0 Å². The summed E-state index contributed by atoms with van der Waals surface area (Å²) in [6.45, 7) is 12.1. The molecule has 0 heterocycles. The molecular formula is C40H55N3O7. The number of hydrogen-bond acceptors (Lipinski definition) is 7. The molecule has 5 atom stereocenters. The lowest BCUT2D eigenvalue weighted by molar-refractivity contribution is -0.148. The molecule has 0 bridgehead atoms. The highest BCUT2D eigenvalue weighted by Crippen LogP contribution is 2.21. The number of benzene rings is 3. The van der Waals surface area contributed by atoms with E-state index >= 15 is 0 Å². The molecule has 10 heteroatoms. The highest BCUT2D eigenvalue weighted by atomic mass is 16.5. The molecule has 0 aliphatic heterocycles. The third-order valence-electron chi connectivity index (χ3n) is 8.58. The lowest BCUT2D eigenvalue weighted by Crippen LogP contribution is -2.57. The van der Waals surface area contributed by atoms with Crippen molar-refractivity contribution in [2.24, 2.45) is 17.8 Å². The van der Waals surface area contributed by atoms with Gasteiger partial charge in [0.2, 0.25) is 11.8 Å². The van der Waals surface area contributed by atoms with Gasteiger partial charge in [0, 0.05) is 6.42 Å². The summed E-state index contributed by atoms with van der Waals surface area (Å²) >= 11 is 0. The summed E-state index contributed by atoms with van der Waals surface area (Å²) in [5, 5.41) is 21.5. The Kier molecular flexibility index (Phi) is 16.2. The predicted octanol–water partition coefficient (Wildman–Crippen LogP) is 6.08. The summed E-state index contributed by atoms with van der Waals surface area (Å²) in [5.74, 6) is -1.25. The van der Waals surface area contributed by atoms with Crippen LogP contribution in [-0.4, -0.2) is 59.8 Å². The summed E-state index contributed by atoms with van der Waals surface area (Å²) in [4.78, 5) is 53.4. The number of nitrogens with one attached hydrogen (secondary N) is 3. The van der Waals surface area contributed by atoms with Crippen LogP contribution in [0.1, 0.15) is 78.4 Å². The number of carbonyl (C=O) groups excluding carboxylic acids is 4. The Morgan fingerprint density at radius 2 is 1.36 bits per heavy atom. The van der Waals surface area contributed by atoms with Gasteiger partial charge in [-0.3, -0.25) is 14.4 Å². The molecule has 0 spiro atoms.